The summed E-state index contributed by atoms with van der Waals surface area (Å²) in [6, 6.07) is 19.4. The van der Waals surface area contributed by atoms with Gasteiger partial charge in [0.2, 0.25) is 0 Å². The van der Waals surface area contributed by atoms with E-state index in [4.69, 9.17) is 21.1 Å². The largest absolute Gasteiger partial charge is 0.493 e. The fraction of sp³-hybridized carbons (Fsp3) is 0.0952. The number of halogens is 2. The Kier molecular flexibility index (Phi) is 5.05. The Labute approximate surface area is 170 Å². The number of aromatic amines is 1. The summed E-state index contributed by atoms with van der Waals surface area (Å²) in [7, 11) is 1.62. The van der Waals surface area contributed by atoms with Gasteiger partial charge < -0.3 is 14.5 Å². The standard InChI is InChI=1S/C21H16BrClN2O2/c1-26-19-11-14(21-24-17-8-4-5-9-18(17)25-21)10-15(22)20(19)27-12-13-6-2-3-7-16(13)23/h2-11H,12H2,1H3,(H,24,25). The number of imidazole rings is 1. The lowest BCUT2D eigenvalue weighted by Gasteiger charge is -2.14. The molecule has 0 radical (unpaired) electrons. The number of para-hydroxylation sites is 2. The average molecular weight is 444 g/mol. The monoisotopic (exact) mass is 442 g/mol. The van der Waals surface area contributed by atoms with Gasteiger partial charge in [0.05, 0.1) is 22.6 Å². The van der Waals surface area contributed by atoms with Crippen molar-refractivity contribution in [3.8, 4) is 22.9 Å². The first-order valence-corrected chi connectivity index (χ1v) is 9.51. The molecule has 4 rings (SSSR count). The van der Waals surface area contributed by atoms with Crippen molar-refractivity contribution in [2.45, 2.75) is 6.61 Å². The minimum atomic E-state index is 0.346. The van der Waals surface area contributed by atoms with E-state index in [0.29, 0.717) is 23.1 Å². The molecule has 1 N–H and O–H groups in total. The van der Waals surface area contributed by atoms with Gasteiger partial charge in [-0.2, -0.15) is 0 Å². The topological polar surface area (TPSA) is 47.1 Å². The van der Waals surface area contributed by atoms with Gasteiger partial charge in [-0.15, -0.1) is 0 Å². The van der Waals surface area contributed by atoms with Gasteiger partial charge in [-0.1, -0.05) is 41.9 Å². The van der Waals surface area contributed by atoms with Crippen LogP contribution < -0.4 is 9.47 Å². The maximum Gasteiger partial charge on any atom is 0.175 e. The first-order valence-electron chi connectivity index (χ1n) is 8.34. The van der Waals surface area contributed by atoms with Crippen LogP contribution in [0.5, 0.6) is 11.5 Å². The molecule has 0 saturated heterocycles. The van der Waals surface area contributed by atoms with Gasteiger partial charge in [-0.05, 0) is 46.3 Å². The van der Waals surface area contributed by atoms with Crippen LogP contribution in [0.2, 0.25) is 5.02 Å². The predicted molar refractivity (Wildman–Crippen MR) is 112 cm³/mol. The summed E-state index contributed by atoms with van der Waals surface area (Å²) in [4.78, 5) is 7.97. The number of hydrogen-bond acceptors (Lipinski definition) is 3. The molecule has 27 heavy (non-hydrogen) atoms. The van der Waals surface area contributed by atoms with Crippen molar-refractivity contribution >= 4 is 38.6 Å². The van der Waals surface area contributed by atoms with Gasteiger partial charge in [0.25, 0.3) is 0 Å². The second-order valence-electron chi connectivity index (χ2n) is 5.97. The smallest absolute Gasteiger partial charge is 0.175 e. The quantitative estimate of drug-likeness (QED) is 0.397. The van der Waals surface area contributed by atoms with E-state index in [1.165, 1.54) is 0 Å². The number of H-pyrrole nitrogens is 1. The molecule has 3 aromatic carbocycles. The Morgan fingerprint density at radius 1 is 1.07 bits per heavy atom. The molecule has 0 amide bonds. The third-order valence-electron chi connectivity index (χ3n) is 4.22. The normalized spacial score (nSPS) is 10.9. The van der Waals surface area contributed by atoms with E-state index in [-0.39, 0.29) is 0 Å². The highest BCUT2D eigenvalue weighted by atomic mass is 79.9. The van der Waals surface area contributed by atoms with Crippen LogP contribution >= 0.6 is 27.5 Å². The van der Waals surface area contributed by atoms with Crippen molar-refractivity contribution in [1.82, 2.24) is 9.97 Å². The van der Waals surface area contributed by atoms with Gasteiger partial charge in [-0.3, -0.25) is 0 Å². The van der Waals surface area contributed by atoms with Crippen LogP contribution in [0.25, 0.3) is 22.4 Å². The Bertz CT molecular complexity index is 1080. The van der Waals surface area contributed by atoms with E-state index in [1.807, 2.05) is 60.7 Å². The molecule has 1 heterocycles. The van der Waals surface area contributed by atoms with E-state index in [0.717, 1.165) is 32.5 Å². The van der Waals surface area contributed by atoms with E-state index in [9.17, 15) is 0 Å². The molecule has 0 unspecified atom stereocenters. The summed E-state index contributed by atoms with van der Waals surface area (Å²) in [5, 5.41) is 0.673. The zero-order chi connectivity index (χ0) is 18.8. The van der Waals surface area contributed by atoms with Gasteiger partial charge in [-0.25, -0.2) is 4.98 Å². The first-order chi connectivity index (χ1) is 13.2. The van der Waals surface area contributed by atoms with Crippen LogP contribution in [0.1, 0.15) is 5.56 Å². The highest BCUT2D eigenvalue weighted by Gasteiger charge is 2.15. The SMILES string of the molecule is COc1cc(-c2nc3ccccc3[nH]2)cc(Br)c1OCc1ccccc1Cl. The van der Waals surface area contributed by atoms with E-state index in [2.05, 4.69) is 25.9 Å². The van der Waals surface area contributed by atoms with Gasteiger partial charge >= 0.3 is 0 Å². The lowest BCUT2D eigenvalue weighted by molar-refractivity contribution is 0.283. The molecule has 4 aromatic rings. The maximum atomic E-state index is 6.21. The van der Waals surface area contributed by atoms with Crippen LogP contribution in [0, 0.1) is 0 Å². The number of nitrogens with one attached hydrogen (secondary N) is 1. The number of nitrogens with zero attached hydrogens (tertiary/aromatic N) is 1. The number of hydrogen-bond donors (Lipinski definition) is 1. The summed E-state index contributed by atoms with van der Waals surface area (Å²) >= 11 is 9.80. The van der Waals surface area contributed by atoms with Gasteiger partial charge in [0.1, 0.15) is 12.4 Å². The zero-order valence-corrected chi connectivity index (χ0v) is 16.8. The van der Waals surface area contributed by atoms with Crippen LogP contribution in [0.15, 0.2) is 65.1 Å². The summed E-state index contributed by atoms with van der Waals surface area (Å²) in [6.45, 7) is 0.346. The van der Waals surface area contributed by atoms with Crippen molar-refractivity contribution in [1.29, 1.82) is 0 Å². The summed E-state index contributed by atoms with van der Waals surface area (Å²) in [6.07, 6.45) is 0. The number of rotatable bonds is 5. The number of ether oxygens (including phenoxy) is 2. The highest BCUT2D eigenvalue weighted by Crippen LogP contribution is 2.40. The molecule has 4 nitrogen and oxygen atoms in total. The van der Waals surface area contributed by atoms with Crippen molar-refractivity contribution in [2.24, 2.45) is 0 Å². The minimum absolute atomic E-state index is 0.346. The molecular weight excluding hydrogens is 428 g/mol. The molecule has 0 aliphatic heterocycles. The zero-order valence-electron chi connectivity index (χ0n) is 14.5. The fourth-order valence-corrected chi connectivity index (χ4v) is 3.60. The van der Waals surface area contributed by atoms with Crippen LogP contribution in [-0.4, -0.2) is 17.1 Å². The number of methoxy groups -OCH3 is 1. The van der Waals surface area contributed by atoms with Crippen molar-refractivity contribution < 1.29 is 9.47 Å². The minimum Gasteiger partial charge on any atom is -0.493 e. The Hall–Kier alpha value is -2.50. The van der Waals surface area contributed by atoms with Crippen molar-refractivity contribution in [3.05, 3.63) is 75.7 Å². The number of aromatic nitrogens is 2. The number of benzene rings is 3. The van der Waals surface area contributed by atoms with E-state index < -0.39 is 0 Å². The predicted octanol–water partition coefficient (Wildman–Crippen LogP) is 6.23. The Morgan fingerprint density at radius 2 is 1.85 bits per heavy atom. The second kappa shape index (κ2) is 7.62. The fourth-order valence-electron chi connectivity index (χ4n) is 2.85. The summed E-state index contributed by atoms with van der Waals surface area (Å²) in [5.41, 5.74) is 3.72. The highest BCUT2D eigenvalue weighted by molar-refractivity contribution is 9.10. The maximum absolute atomic E-state index is 6.21. The molecule has 0 spiro atoms. The third kappa shape index (κ3) is 3.66. The molecule has 0 fully saturated rings. The molecule has 1 aromatic heterocycles. The van der Waals surface area contributed by atoms with Gasteiger partial charge in [0, 0.05) is 16.1 Å². The molecule has 136 valence electrons. The van der Waals surface area contributed by atoms with Crippen LogP contribution in [0.3, 0.4) is 0 Å². The molecule has 0 aliphatic rings. The lowest BCUT2D eigenvalue weighted by atomic mass is 10.2. The molecule has 6 heteroatoms. The van der Waals surface area contributed by atoms with Crippen molar-refractivity contribution in [2.75, 3.05) is 7.11 Å². The number of fused-ring (bicyclic) bond motifs is 1. The third-order valence-corrected chi connectivity index (χ3v) is 5.18. The van der Waals surface area contributed by atoms with Gasteiger partial charge in [0.15, 0.2) is 11.5 Å². The first kappa shape index (κ1) is 17.9. The molecule has 0 aliphatic carbocycles. The summed E-state index contributed by atoms with van der Waals surface area (Å²) in [5.74, 6) is 2.01. The second-order valence-corrected chi connectivity index (χ2v) is 7.23. The molecular formula is C21H16BrClN2O2. The average Bonchev–Trinajstić information content (AvgIpc) is 3.12. The van der Waals surface area contributed by atoms with E-state index in [1.54, 1.807) is 7.11 Å². The molecule has 0 bridgehead atoms. The molecule has 0 atom stereocenters. The Balaban J connectivity index is 1.67. The van der Waals surface area contributed by atoms with E-state index >= 15 is 0 Å². The lowest BCUT2D eigenvalue weighted by Crippen LogP contribution is -2.00. The van der Waals surface area contributed by atoms with Crippen LogP contribution in [-0.2, 0) is 6.61 Å². The van der Waals surface area contributed by atoms with Crippen molar-refractivity contribution in [3.63, 3.8) is 0 Å². The Morgan fingerprint density at radius 3 is 2.63 bits per heavy atom. The molecule has 0 saturated carbocycles. The summed E-state index contributed by atoms with van der Waals surface area (Å²) < 4.78 is 12.3. The van der Waals surface area contributed by atoms with Crippen LogP contribution in [0.4, 0.5) is 0 Å².